The van der Waals surface area contributed by atoms with E-state index in [4.69, 9.17) is 9.47 Å². The molecule has 6 nitrogen and oxygen atoms in total. The first-order valence-electron chi connectivity index (χ1n) is 8.63. The Morgan fingerprint density at radius 3 is 2.62 bits per heavy atom. The van der Waals surface area contributed by atoms with Gasteiger partial charge in [0.05, 0.1) is 7.11 Å². The third-order valence-electron chi connectivity index (χ3n) is 4.20. The van der Waals surface area contributed by atoms with Crippen molar-refractivity contribution in [1.82, 2.24) is 0 Å². The van der Waals surface area contributed by atoms with Crippen LogP contribution in [0, 0.1) is 0 Å². The van der Waals surface area contributed by atoms with Gasteiger partial charge in [-0.15, -0.1) is 0 Å². The normalized spacial score (nSPS) is 14.0. The number of carbonyl (C=O) groups excluding carboxylic acids is 2. The van der Waals surface area contributed by atoms with Crippen molar-refractivity contribution in [3.8, 4) is 11.5 Å². The van der Waals surface area contributed by atoms with Gasteiger partial charge in [0.25, 0.3) is 5.91 Å². The molecule has 26 heavy (non-hydrogen) atoms. The molecule has 0 bridgehead atoms. The van der Waals surface area contributed by atoms with Crippen LogP contribution in [0.1, 0.15) is 19.3 Å². The molecule has 1 fully saturated rings. The van der Waals surface area contributed by atoms with Crippen LogP contribution in [0.25, 0.3) is 0 Å². The van der Waals surface area contributed by atoms with Crippen molar-refractivity contribution >= 4 is 23.2 Å². The number of carbonyl (C=O) groups is 2. The first kappa shape index (κ1) is 17.8. The molecule has 2 amide bonds. The van der Waals surface area contributed by atoms with E-state index in [1.54, 1.807) is 42.3 Å². The minimum atomic E-state index is -0.255. The number of amides is 2. The van der Waals surface area contributed by atoms with Crippen molar-refractivity contribution in [2.24, 2.45) is 0 Å². The number of nitrogens with zero attached hydrogens (tertiary/aromatic N) is 1. The Morgan fingerprint density at radius 2 is 1.88 bits per heavy atom. The number of piperidine rings is 1. The molecule has 1 heterocycles. The highest BCUT2D eigenvalue weighted by Crippen LogP contribution is 2.23. The Hall–Kier alpha value is -3.02. The molecule has 2 aromatic carbocycles. The van der Waals surface area contributed by atoms with Gasteiger partial charge in [-0.1, -0.05) is 6.07 Å². The topological polar surface area (TPSA) is 67.9 Å². The van der Waals surface area contributed by atoms with Crippen molar-refractivity contribution in [2.75, 3.05) is 30.5 Å². The molecule has 0 spiro atoms. The lowest BCUT2D eigenvalue weighted by atomic mass is 10.1. The molecule has 1 aliphatic heterocycles. The summed E-state index contributed by atoms with van der Waals surface area (Å²) in [6.45, 7) is 0.651. The Labute approximate surface area is 152 Å². The second-order valence-electron chi connectivity index (χ2n) is 6.07. The van der Waals surface area contributed by atoms with Gasteiger partial charge in [0.2, 0.25) is 5.91 Å². The van der Waals surface area contributed by atoms with Crippen molar-refractivity contribution < 1.29 is 19.1 Å². The highest BCUT2D eigenvalue weighted by Gasteiger charge is 2.19. The highest BCUT2D eigenvalue weighted by atomic mass is 16.5. The third-order valence-corrected chi connectivity index (χ3v) is 4.20. The summed E-state index contributed by atoms with van der Waals surface area (Å²) in [5, 5.41) is 2.78. The number of hydrogen-bond donors (Lipinski definition) is 1. The van der Waals surface area contributed by atoms with Crippen LogP contribution in [0.2, 0.25) is 0 Å². The van der Waals surface area contributed by atoms with Crippen LogP contribution >= 0.6 is 0 Å². The summed E-state index contributed by atoms with van der Waals surface area (Å²) in [7, 11) is 1.58. The Balaban J connectivity index is 1.53. The molecule has 0 radical (unpaired) electrons. The Bertz CT molecular complexity index is 774. The van der Waals surface area contributed by atoms with Crippen molar-refractivity contribution in [2.45, 2.75) is 19.3 Å². The molecule has 0 aliphatic carbocycles. The highest BCUT2D eigenvalue weighted by molar-refractivity contribution is 5.95. The van der Waals surface area contributed by atoms with Crippen molar-refractivity contribution in [1.29, 1.82) is 0 Å². The van der Waals surface area contributed by atoms with Crippen LogP contribution in [0.15, 0.2) is 48.5 Å². The molecule has 1 aliphatic rings. The molecule has 136 valence electrons. The van der Waals surface area contributed by atoms with Crippen LogP contribution in [-0.2, 0) is 9.59 Å². The molecule has 0 aromatic heterocycles. The first-order valence-corrected chi connectivity index (χ1v) is 8.63. The molecule has 1 N–H and O–H groups in total. The molecular formula is C20H22N2O4. The second-order valence-corrected chi connectivity index (χ2v) is 6.07. The predicted octanol–water partition coefficient (Wildman–Crippen LogP) is 3.23. The van der Waals surface area contributed by atoms with Gasteiger partial charge in [-0.2, -0.15) is 0 Å². The second kappa shape index (κ2) is 8.38. The number of anilines is 2. The standard InChI is InChI=1S/C20H22N2O4/c1-25-17-5-4-6-18(13-17)26-14-19(23)21-15-8-10-16(11-9-15)22-12-3-2-7-20(22)24/h4-6,8-11,13H,2-3,7,12,14H2,1H3,(H,21,23). The molecule has 0 atom stereocenters. The first-order chi connectivity index (χ1) is 12.7. The van der Waals surface area contributed by atoms with Crippen LogP contribution in [0.4, 0.5) is 11.4 Å². The number of rotatable bonds is 6. The van der Waals surface area contributed by atoms with Gasteiger partial charge in [0.15, 0.2) is 6.61 Å². The van der Waals surface area contributed by atoms with Gasteiger partial charge < -0.3 is 19.7 Å². The number of benzene rings is 2. The summed E-state index contributed by atoms with van der Waals surface area (Å²) >= 11 is 0. The summed E-state index contributed by atoms with van der Waals surface area (Å²) in [6.07, 6.45) is 2.57. The lowest BCUT2D eigenvalue weighted by Crippen LogP contribution is -2.35. The van der Waals surface area contributed by atoms with Crippen LogP contribution in [0.5, 0.6) is 11.5 Å². The number of nitrogens with one attached hydrogen (secondary N) is 1. The van der Waals surface area contributed by atoms with E-state index in [1.165, 1.54) is 0 Å². The average molecular weight is 354 g/mol. The fraction of sp³-hybridized carbons (Fsp3) is 0.300. The van der Waals surface area contributed by atoms with Gasteiger partial charge in [-0.05, 0) is 49.2 Å². The maximum atomic E-state index is 12.0. The monoisotopic (exact) mass is 354 g/mol. The lowest BCUT2D eigenvalue weighted by molar-refractivity contribution is -0.119. The maximum Gasteiger partial charge on any atom is 0.262 e. The minimum Gasteiger partial charge on any atom is -0.497 e. The molecule has 3 rings (SSSR count). The summed E-state index contributed by atoms with van der Waals surface area (Å²) in [6, 6.07) is 14.4. The van der Waals surface area contributed by atoms with E-state index in [0.717, 1.165) is 25.1 Å². The lowest BCUT2D eigenvalue weighted by Gasteiger charge is -2.26. The van der Waals surface area contributed by atoms with E-state index < -0.39 is 0 Å². The van der Waals surface area contributed by atoms with Gasteiger partial charge in [-0.25, -0.2) is 0 Å². The largest absolute Gasteiger partial charge is 0.497 e. The summed E-state index contributed by atoms with van der Waals surface area (Å²) < 4.78 is 10.6. The van der Waals surface area contributed by atoms with Crippen LogP contribution in [-0.4, -0.2) is 32.1 Å². The minimum absolute atomic E-state index is 0.0977. The van der Waals surface area contributed by atoms with E-state index in [1.807, 2.05) is 18.2 Å². The molecule has 0 unspecified atom stereocenters. The average Bonchev–Trinajstić information content (AvgIpc) is 2.68. The Morgan fingerprint density at radius 1 is 1.12 bits per heavy atom. The summed E-state index contributed by atoms with van der Waals surface area (Å²) in [5.74, 6) is 1.14. The number of methoxy groups -OCH3 is 1. The maximum absolute atomic E-state index is 12.0. The van der Waals surface area contributed by atoms with Crippen molar-refractivity contribution in [3.63, 3.8) is 0 Å². The molecular weight excluding hydrogens is 332 g/mol. The fourth-order valence-electron chi connectivity index (χ4n) is 2.84. The fourth-order valence-corrected chi connectivity index (χ4v) is 2.84. The number of hydrogen-bond acceptors (Lipinski definition) is 4. The molecule has 2 aromatic rings. The Kier molecular flexibility index (Phi) is 5.73. The number of ether oxygens (including phenoxy) is 2. The summed E-state index contributed by atoms with van der Waals surface area (Å²) in [5.41, 5.74) is 1.53. The van der Waals surface area contributed by atoms with Crippen LogP contribution in [0.3, 0.4) is 0 Å². The van der Waals surface area contributed by atoms with Gasteiger partial charge in [-0.3, -0.25) is 9.59 Å². The zero-order valence-corrected chi connectivity index (χ0v) is 14.7. The third kappa shape index (κ3) is 4.53. The van der Waals surface area contributed by atoms with E-state index in [0.29, 0.717) is 23.6 Å². The zero-order chi connectivity index (χ0) is 18.4. The smallest absolute Gasteiger partial charge is 0.262 e. The SMILES string of the molecule is COc1cccc(OCC(=O)Nc2ccc(N3CCCCC3=O)cc2)c1. The van der Waals surface area contributed by atoms with Gasteiger partial charge in [0.1, 0.15) is 11.5 Å². The van der Waals surface area contributed by atoms with E-state index in [9.17, 15) is 9.59 Å². The van der Waals surface area contributed by atoms with E-state index >= 15 is 0 Å². The zero-order valence-electron chi connectivity index (χ0n) is 14.7. The van der Waals surface area contributed by atoms with Crippen molar-refractivity contribution in [3.05, 3.63) is 48.5 Å². The molecule has 6 heteroatoms. The van der Waals surface area contributed by atoms with E-state index in [-0.39, 0.29) is 18.4 Å². The quantitative estimate of drug-likeness (QED) is 0.865. The van der Waals surface area contributed by atoms with Gasteiger partial charge >= 0.3 is 0 Å². The van der Waals surface area contributed by atoms with Crippen LogP contribution < -0.4 is 19.7 Å². The predicted molar refractivity (Wildman–Crippen MR) is 99.8 cm³/mol. The molecule has 1 saturated heterocycles. The van der Waals surface area contributed by atoms with E-state index in [2.05, 4.69) is 5.32 Å². The van der Waals surface area contributed by atoms with Gasteiger partial charge in [0, 0.05) is 30.4 Å². The summed E-state index contributed by atoms with van der Waals surface area (Å²) in [4.78, 5) is 25.8. The molecule has 0 saturated carbocycles.